The van der Waals surface area contributed by atoms with Crippen molar-refractivity contribution in [2.45, 2.75) is 13.0 Å². The number of nitrogens with zero attached hydrogens (tertiary/aromatic N) is 5. The molecule has 126 valence electrons. The van der Waals surface area contributed by atoms with Crippen molar-refractivity contribution >= 4 is 16.8 Å². The number of benzene rings is 2. The van der Waals surface area contributed by atoms with Crippen LogP contribution in [0.2, 0.25) is 0 Å². The van der Waals surface area contributed by atoms with Gasteiger partial charge in [0.15, 0.2) is 16.8 Å². The van der Waals surface area contributed by atoms with Crippen LogP contribution in [0.5, 0.6) is 0 Å². The summed E-state index contributed by atoms with van der Waals surface area (Å²) in [5.74, 6) is 0. The van der Waals surface area contributed by atoms with E-state index in [-0.39, 0.29) is 0 Å². The summed E-state index contributed by atoms with van der Waals surface area (Å²) in [4.78, 5) is 13.9. The van der Waals surface area contributed by atoms with Gasteiger partial charge in [0.1, 0.15) is 6.33 Å². The van der Waals surface area contributed by atoms with E-state index >= 15 is 0 Å². The Hall–Kier alpha value is -3.47. The van der Waals surface area contributed by atoms with Gasteiger partial charge in [-0.05, 0) is 11.1 Å². The molecule has 3 aromatic heterocycles. The Kier molecular flexibility index (Phi) is 3.49. The highest BCUT2D eigenvalue weighted by Gasteiger charge is 2.13. The molecule has 2 aromatic carbocycles. The lowest BCUT2D eigenvalue weighted by molar-refractivity contribution is 0.812. The molecule has 5 heteroatoms. The molecule has 0 aliphatic carbocycles. The van der Waals surface area contributed by atoms with Crippen LogP contribution in [0.15, 0.2) is 79.5 Å². The molecule has 0 N–H and O–H groups in total. The first-order valence-corrected chi connectivity index (χ1v) is 8.62. The van der Waals surface area contributed by atoms with Gasteiger partial charge in [-0.25, -0.2) is 15.0 Å². The van der Waals surface area contributed by atoms with Crippen LogP contribution in [0, 0.1) is 0 Å². The molecule has 0 fully saturated rings. The average Bonchev–Trinajstić information content (AvgIpc) is 3.28. The van der Waals surface area contributed by atoms with Crippen molar-refractivity contribution < 1.29 is 0 Å². The zero-order valence-electron chi connectivity index (χ0n) is 14.2. The molecule has 0 saturated carbocycles. The summed E-state index contributed by atoms with van der Waals surface area (Å²) in [5.41, 5.74) is 6.14. The highest BCUT2D eigenvalue weighted by molar-refractivity contribution is 5.85. The maximum Gasteiger partial charge on any atom is 0.168 e. The molecule has 0 unspecified atom stereocenters. The number of imidazole rings is 2. The molecule has 0 aliphatic heterocycles. The predicted octanol–water partition coefficient (Wildman–Crippen LogP) is 3.72. The van der Waals surface area contributed by atoms with Gasteiger partial charge in [0.05, 0.1) is 12.9 Å². The quantitative estimate of drug-likeness (QED) is 0.501. The van der Waals surface area contributed by atoms with Crippen LogP contribution in [0.25, 0.3) is 16.8 Å². The van der Waals surface area contributed by atoms with Crippen LogP contribution >= 0.6 is 0 Å². The molecule has 5 rings (SSSR count). The molecule has 0 spiro atoms. The lowest BCUT2D eigenvalue weighted by Gasteiger charge is -2.05. The standard InChI is InChI=1S/C21H17N5/c1-3-7-16(8-4-1)11-18-12-22-21-19-20(24-15-26(18)21)25(14-23-19)13-17-9-5-2-6-10-17/h1-10,12,14-15H,11,13H2. The maximum atomic E-state index is 4.66. The fourth-order valence-corrected chi connectivity index (χ4v) is 3.31. The van der Waals surface area contributed by atoms with Gasteiger partial charge in [0.25, 0.3) is 0 Å². The molecule has 0 saturated heterocycles. The van der Waals surface area contributed by atoms with E-state index in [9.17, 15) is 0 Å². The van der Waals surface area contributed by atoms with Gasteiger partial charge < -0.3 is 4.57 Å². The Labute approximate surface area is 150 Å². The number of fused-ring (bicyclic) bond motifs is 3. The van der Waals surface area contributed by atoms with Gasteiger partial charge in [-0.15, -0.1) is 0 Å². The molecule has 0 bridgehead atoms. The maximum absolute atomic E-state index is 4.66. The lowest BCUT2D eigenvalue weighted by atomic mass is 10.1. The predicted molar refractivity (Wildman–Crippen MR) is 101 cm³/mol. The minimum Gasteiger partial charge on any atom is -0.311 e. The first-order valence-electron chi connectivity index (χ1n) is 8.62. The smallest absolute Gasteiger partial charge is 0.168 e. The van der Waals surface area contributed by atoms with E-state index in [0.29, 0.717) is 0 Å². The number of rotatable bonds is 4. The van der Waals surface area contributed by atoms with Crippen LogP contribution in [-0.4, -0.2) is 23.9 Å². The summed E-state index contributed by atoms with van der Waals surface area (Å²) >= 11 is 0. The third-order valence-electron chi connectivity index (χ3n) is 4.61. The summed E-state index contributed by atoms with van der Waals surface area (Å²) in [7, 11) is 0. The Morgan fingerprint density at radius 1 is 0.692 bits per heavy atom. The summed E-state index contributed by atoms with van der Waals surface area (Å²) in [6.07, 6.45) is 6.43. The normalized spacial score (nSPS) is 11.4. The van der Waals surface area contributed by atoms with Gasteiger partial charge in [-0.2, -0.15) is 0 Å². The van der Waals surface area contributed by atoms with Crippen molar-refractivity contribution in [1.29, 1.82) is 0 Å². The van der Waals surface area contributed by atoms with Gasteiger partial charge in [0.2, 0.25) is 0 Å². The number of aromatic nitrogens is 5. The SMILES string of the molecule is c1ccc(Cc2cnc3c4ncn(Cc5ccccc5)c4ncn23)cc1. The van der Waals surface area contributed by atoms with E-state index in [2.05, 4.69) is 55.9 Å². The minimum absolute atomic E-state index is 0.748. The number of hydrogen-bond donors (Lipinski definition) is 0. The van der Waals surface area contributed by atoms with E-state index in [1.807, 2.05) is 47.5 Å². The summed E-state index contributed by atoms with van der Waals surface area (Å²) in [5, 5.41) is 0. The second-order valence-corrected chi connectivity index (χ2v) is 6.38. The van der Waals surface area contributed by atoms with Crippen molar-refractivity contribution in [3.05, 3.63) is 96.3 Å². The third-order valence-corrected chi connectivity index (χ3v) is 4.61. The monoisotopic (exact) mass is 339 g/mol. The van der Waals surface area contributed by atoms with E-state index in [4.69, 9.17) is 0 Å². The van der Waals surface area contributed by atoms with Crippen molar-refractivity contribution in [3.63, 3.8) is 0 Å². The van der Waals surface area contributed by atoms with Crippen molar-refractivity contribution in [1.82, 2.24) is 23.9 Å². The average molecular weight is 339 g/mol. The van der Waals surface area contributed by atoms with Gasteiger partial charge in [-0.1, -0.05) is 60.7 Å². The molecule has 5 aromatic rings. The molecule has 5 nitrogen and oxygen atoms in total. The van der Waals surface area contributed by atoms with Crippen LogP contribution in [0.3, 0.4) is 0 Å². The van der Waals surface area contributed by atoms with Gasteiger partial charge in [-0.3, -0.25) is 4.40 Å². The first-order chi connectivity index (χ1) is 12.9. The highest BCUT2D eigenvalue weighted by Crippen LogP contribution is 2.19. The second kappa shape index (κ2) is 6.11. The topological polar surface area (TPSA) is 48.0 Å². The Bertz CT molecular complexity index is 1080. The first kappa shape index (κ1) is 14.8. The van der Waals surface area contributed by atoms with Crippen LogP contribution in [-0.2, 0) is 13.0 Å². The molecule has 0 amide bonds. The molecule has 0 radical (unpaired) electrons. The third kappa shape index (κ3) is 2.54. The van der Waals surface area contributed by atoms with E-state index < -0.39 is 0 Å². The fourth-order valence-electron chi connectivity index (χ4n) is 3.31. The van der Waals surface area contributed by atoms with E-state index in [1.54, 1.807) is 0 Å². The second-order valence-electron chi connectivity index (χ2n) is 6.38. The Balaban J connectivity index is 1.55. The number of hydrogen-bond acceptors (Lipinski definition) is 3. The Morgan fingerprint density at radius 3 is 2.19 bits per heavy atom. The van der Waals surface area contributed by atoms with Gasteiger partial charge in [0, 0.05) is 18.3 Å². The molecule has 0 atom stereocenters. The van der Waals surface area contributed by atoms with Crippen molar-refractivity contribution in [2.75, 3.05) is 0 Å². The molecule has 0 aliphatic rings. The molecular formula is C21H17N5. The molecule has 26 heavy (non-hydrogen) atoms. The lowest BCUT2D eigenvalue weighted by Crippen LogP contribution is -2.01. The summed E-state index contributed by atoms with van der Waals surface area (Å²) in [6, 6.07) is 20.7. The highest BCUT2D eigenvalue weighted by atomic mass is 15.2. The van der Waals surface area contributed by atoms with Crippen LogP contribution < -0.4 is 0 Å². The molecular weight excluding hydrogens is 322 g/mol. The molecule has 3 heterocycles. The fraction of sp³-hybridized carbons (Fsp3) is 0.0952. The largest absolute Gasteiger partial charge is 0.311 e. The summed E-state index contributed by atoms with van der Waals surface area (Å²) < 4.78 is 4.10. The zero-order valence-corrected chi connectivity index (χ0v) is 14.2. The zero-order chi connectivity index (χ0) is 17.3. The minimum atomic E-state index is 0.748. The summed E-state index contributed by atoms with van der Waals surface area (Å²) in [6.45, 7) is 0.748. The van der Waals surface area contributed by atoms with Crippen LogP contribution in [0.4, 0.5) is 0 Å². The van der Waals surface area contributed by atoms with E-state index in [0.717, 1.165) is 35.5 Å². The van der Waals surface area contributed by atoms with Crippen molar-refractivity contribution in [2.24, 2.45) is 0 Å². The van der Waals surface area contributed by atoms with Gasteiger partial charge >= 0.3 is 0 Å². The van der Waals surface area contributed by atoms with E-state index in [1.165, 1.54) is 11.1 Å². The Morgan fingerprint density at radius 2 is 1.42 bits per heavy atom. The van der Waals surface area contributed by atoms with Crippen molar-refractivity contribution in [3.8, 4) is 0 Å². The van der Waals surface area contributed by atoms with Crippen LogP contribution in [0.1, 0.15) is 16.8 Å².